The van der Waals surface area contributed by atoms with Gasteiger partial charge in [0.15, 0.2) is 5.96 Å². The number of benzene rings is 1. The minimum Gasteiger partial charge on any atom is -0.370 e. The van der Waals surface area contributed by atoms with Gasteiger partial charge in [-0.15, -0.1) is 0 Å². The molecule has 0 amide bonds. The number of aryl methyl sites for hydroxylation is 1. The van der Waals surface area contributed by atoms with Crippen molar-refractivity contribution in [1.82, 2.24) is 5.32 Å². The van der Waals surface area contributed by atoms with E-state index in [2.05, 4.69) is 41.5 Å². The Hall–Kier alpha value is -1.51. The minimum atomic E-state index is 0.195. The first kappa shape index (κ1) is 8.10. The Kier molecular flexibility index (Phi) is 1.93. The lowest BCUT2D eigenvalue weighted by atomic mass is 10.1. The number of guanidine groups is 1. The molecule has 0 bridgehead atoms. The summed E-state index contributed by atoms with van der Waals surface area (Å²) in [6.45, 7) is 2.89. The zero-order valence-corrected chi connectivity index (χ0v) is 7.62. The third-order valence-corrected chi connectivity index (χ3v) is 2.23. The molecule has 0 saturated carbocycles. The fourth-order valence-corrected chi connectivity index (χ4v) is 1.44. The van der Waals surface area contributed by atoms with Gasteiger partial charge in [0, 0.05) is 6.54 Å². The van der Waals surface area contributed by atoms with Gasteiger partial charge in [0.05, 0.1) is 6.04 Å². The van der Waals surface area contributed by atoms with Crippen LogP contribution in [0.2, 0.25) is 0 Å². The predicted octanol–water partition coefficient (Wildman–Crippen LogP) is 0.954. The average Bonchev–Trinajstić information content (AvgIpc) is 2.53. The maximum absolute atomic E-state index is 5.53. The van der Waals surface area contributed by atoms with Crippen LogP contribution in [0.5, 0.6) is 0 Å². The van der Waals surface area contributed by atoms with Crippen LogP contribution in [0, 0.1) is 6.92 Å². The van der Waals surface area contributed by atoms with Crippen LogP contribution >= 0.6 is 0 Å². The van der Waals surface area contributed by atoms with Crippen LogP contribution in [-0.4, -0.2) is 12.5 Å². The van der Waals surface area contributed by atoms with Gasteiger partial charge in [0.2, 0.25) is 0 Å². The molecule has 0 aliphatic carbocycles. The van der Waals surface area contributed by atoms with Crippen LogP contribution in [-0.2, 0) is 0 Å². The van der Waals surface area contributed by atoms with Gasteiger partial charge in [-0.25, -0.2) is 4.99 Å². The molecule has 0 radical (unpaired) electrons. The first-order valence-electron chi connectivity index (χ1n) is 4.39. The molecule has 3 N–H and O–H groups in total. The molecular formula is C10H13N3. The summed E-state index contributed by atoms with van der Waals surface area (Å²) in [6, 6.07) is 8.59. The number of rotatable bonds is 1. The maximum Gasteiger partial charge on any atom is 0.189 e. The topological polar surface area (TPSA) is 50.4 Å². The molecule has 3 heteroatoms. The molecule has 0 spiro atoms. The van der Waals surface area contributed by atoms with E-state index in [1.165, 1.54) is 11.1 Å². The van der Waals surface area contributed by atoms with E-state index >= 15 is 0 Å². The van der Waals surface area contributed by atoms with Crippen LogP contribution in [0.15, 0.2) is 29.3 Å². The summed E-state index contributed by atoms with van der Waals surface area (Å²) in [5.74, 6) is 0.547. The Labute approximate surface area is 77.7 Å². The summed E-state index contributed by atoms with van der Waals surface area (Å²) in [4.78, 5) is 4.27. The van der Waals surface area contributed by atoms with Gasteiger partial charge >= 0.3 is 0 Å². The molecule has 1 aromatic rings. The highest BCUT2D eigenvalue weighted by molar-refractivity contribution is 5.79. The highest BCUT2D eigenvalue weighted by atomic mass is 15.2. The number of nitrogens with two attached hydrogens (primary N) is 1. The third kappa shape index (κ3) is 1.64. The SMILES string of the molecule is Cc1ccc([C@@H]2CNC(N)=N2)cc1. The highest BCUT2D eigenvalue weighted by Crippen LogP contribution is 2.19. The van der Waals surface area contributed by atoms with Gasteiger partial charge in [-0.2, -0.15) is 0 Å². The van der Waals surface area contributed by atoms with Crippen molar-refractivity contribution in [3.63, 3.8) is 0 Å². The number of aliphatic imine (C=N–C) groups is 1. The van der Waals surface area contributed by atoms with Crippen molar-refractivity contribution < 1.29 is 0 Å². The highest BCUT2D eigenvalue weighted by Gasteiger charge is 2.15. The molecule has 2 rings (SSSR count). The molecule has 0 saturated heterocycles. The van der Waals surface area contributed by atoms with Gasteiger partial charge in [-0.3, -0.25) is 0 Å². The molecule has 0 unspecified atom stereocenters. The third-order valence-electron chi connectivity index (χ3n) is 2.23. The average molecular weight is 175 g/mol. The lowest BCUT2D eigenvalue weighted by Gasteiger charge is -2.05. The molecule has 0 aromatic heterocycles. The standard InChI is InChI=1S/C10H13N3/c1-7-2-4-8(5-3-7)9-6-12-10(11)13-9/h2-5,9H,6H2,1H3,(H3,11,12,13)/t9-/m0/s1. The van der Waals surface area contributed by atoms with E-state index in [1.54, 1.807) is 0 Å². The second-order valence-electron chi connectivity index (χ2n) is 3.32. The molecule has 1 aliphatic heterocycles. The van der Waals surface area contributed by atoms with E-state index in [0.717, 1.165) is 6.54 Å². The fraction of sp³-hybridized carbons (Fsp3) is 0.300. The van der Waals surface area contributed by atoms with Crippen LogP contribution in [0.3, 0.4) is 0 Å². The fourth-order valence-electron chi connectivity index (χ4n) is 1.44. The van der Waals surface area contributed by atoms with Gasteiger partial charge < -0.3 is 11.1 Å². The number of hydrogen-bond acceptors (Lipinski definition) is 3. The van der Waals surface area contributed by atoms with Crippen LogP contribution in [0.4, 0.5) is 0 Å². The molecule has 1 atom stereocenters. The second-order valence-corrected chi connectivity index (χ2v) is 3.32. The molecule has 1 aliphatic rings. The van der Waals surface area contributed by atoms with E-state index in [9.17, 15) is 0 Å². The van der Waals surface area contributed by atoms with Crippen LogP contribution in [0.25, 0.3) is 0 Å². The van der Waals surface area contributed by atoms with Gasteiger partial charge in [-0.05, 0) is 12.5 Å². The minimum absolute atomic E-state index is 0.195. The smallest absolute Gasteiger partial charge is 0.189 e. The summed E-state index contributed by atoms with van der Waals surface area (Å²) < 4.78 is 0. The van der Waals surface area contributed by atoms with Crippen molar-refractivity contribution in [3.05, 3.63) is 35.4 Å². The summed E-state index contributed by atoms with van der Waals surface area (Å²) in [5, 5.41) is 3.01. The Morgan fingerprint density at radius 1 is 1.38 bits per heavy atom. The van der Waals surface area contributed by atoms with Crippen LogP contribution in [0.1, 0.15) is 17.2 Å². The van der Waals surface area contributed by atoms with Gasteiger partial charge in [-0.1, -0.05) is 29.8 Å². The van der Waals surface area contributed by atoms with Crippen LogP contribution < -0.4 is 11.1 Å². The molecule has 0 fully saturated rings. The molecular weight excluding hydrogens is 162 g/mol. The zero-order valence-electron chi connectivity index (χ0n) is 7.62. The summed E-state index contributed by atoms with van der Waals surface area (Å²) in [6.07, 6.45) is 0. The second kappa shape index (κ2) is 3.09. The van der Waals surface area contributed by atoms with Crippen molar-refractivity contribution >= 4 is 5.96 Å². The van der Waals surface area contributed by atoms with Gasteiger partial charge in [0.1, 0.15) is 0 Å². The summed E-state index contributed by atoms with van der Waals surface area (Å²) in [5.41, 5.74) is 8.02. The first-order chi connectivity index (χ1) is 6.25. The van der Waals surface area contributed by atoms with Crippen molar-refractivity contribution in [2.75, 3.05) is 6.54 Å². The van der Waals surface area contributed by atoms with E-state index in [-0.39, 0.29) is 6.04 Å². The monoisotopic (exact) mass is 175 g/mol. The van der Waals surface area contributed by atoms with Crippen molar-refractivity contribution in [2.45, 2.75) is 13.0 Å². The summed E-state index contributed by atoms with van der Waals surface area (Å²) in [7, 11) is 0. The molecule has 68 valence electrons. The van der Waals surface area contributed by atoms with E-state index in [0.29, 0.717) is 5.96 Å². The predicted molar refractivity (Wildman–Crippen MR) is 53.5 cm³/mol. The molecule has 3 nitrogen and oxygen atoms in total. The van der Waals surface area contributed by atoms with E-state index < -0.39 is 0 Å². The lowest BCUT2D eigenvalue weighted by molar-refractivity contribution is 0.751. The van der Waals surface area contributed by atoms with Gasteiger partial charge in [0.25, 0.3) is 0 Å². The zero-order chi connectivity index (χ0) is 9.26. The van der Waals surface area contributed by atoms with E-state index in [4.69, 9.17) is 5.73 Å². The quantitative estimate of drug-likeness (QED) is 0.667. The number of nitrogens with zero attached hydrogens (tertiary/aromatic N) is 1. The van der Waals surface area contributed by atoms with E-state index in [1.807, 2.05) is 0 Å². The van der Waals surface area contributed by atoms with Crippen molar-refractivity contribution in [3.8, 4) is 0 Å². The Bertz CT molecular complexity index is 327. The first-order valence-corrected chi connectivity index (χ1v) is 4.39. The lowest BCUT2D eigenvalue weighted by Crippen LogP contribution is -2.26. The number of nitrogens with one attached hydrogen (secondary N) is 1. The Morgan fingerprint density at radius 3 is 2.62 bits per heavy atom. The normalized spacial score (nSPS) is 21.0. The Morgan fingerprint density at radius 2 is 2.08 bits per heavy atom. The summed E-state index contributed by atoms with van der Waals surface area (Å²) >= 11 is 0. The van der Waals surface area contributed by atoms with Crippen molar-refractivity contribution in [2.24, 2.45) is 10.7 Å². The molecule has 1 aromatic carbocycles. The Balaban J connectivity index is 2.22. The maximum atomic E-state index is 5.53. The molecule has 1 heterocycles. The largest absolute Gasteiger partial charge is 0.370 e. The number of hydrogen-bond donors (Lipinski definition) is 2. The van der Waals surface area contributed by atoms with Crippen molar-refractivity contribution in [1.29, 1.82) is 0 Å². The molecule has 13 heavy (non-hydrogen) atoms.